The van der Waals surface area contributed by atoms with Gasteiger partial charge in [0.1, 0.15) is 0 Å². The zero-order valence-corrected chi connectivity index (χ0v) is 10.3. The van der Waals surface area contributed by atoms with E-state index in [4.69, 9.17) is 21.1 Å². The number of hydrogen-bond donors (Lipinski definition) is 0. The van der Waals surface area contributed by atoms with Crippen molar-refractivity contribution in [3.8, 4) is 0 Å². The molecule has 0 aromatic rings. The van der Waals surface area contributed by atoms with Gasteiger partial charge in [-0.1, -0.05) is 15.9 Å². The van der Waals surface area contributed by atoms with Gasteiger partial charge in [0.2, 0.25) is 0 Å². The summed E-state index contributed by atoms with van der Waals surface area (Å²) in [4.78, 5) is 0.191. The van der Waals surface area contributed by atoms with Crippen molar-refractivity contribution < 1.29 is 9.47 Å². The minimum absolute atomic E-state index is 0.151. The minimum atomic E-state index is -0.275. The summed E-state index contributed by atoms with van der Waals surface area (Å²) in [5.74, 6) is 4.02. The summed E-state index contributed by atoms with van der Waals surface area (Å²) in [6.45, 7) is 1.53. The van der Waals surface area contributed by atoms with Crippen LogP contribution in [0.15, 0.2) is 0 Å². The lowest BCUT2D eigenvalue weighted by atomic mass is 9.19. The van der Waals surface area contributed by atoms with Crippen LogP contribution in [0.3, 0.4) is 0 Å². The predicted molar refractivity (Wildman–Crippen MR) is 55.8 cm³/mol. The molecule has 2 bridgehead atoms. The third-order valence-electron chi connectivity index (χ3n) is 6.51. The lowest BCUT2D eigenvalue weighted by Gasteiger charge is -2.89. The van der Waals surface area contributed by atoms with Gasteiger partial charge in [0.15, 0.2) is 5.79 Å². The Balaban J connectivity index is 1.65. The second kappa shape index (κ2) is 1.66. The van der Waals surface area contributed by atoms with Crippen molar-refractivity contribution in [2.45, 2.75) is 15.0 Å². The van der Waals surface area contributed by atoms with Crippen LogP contribution in [0.1, 0.15) is 0 Å². The van der Waals surface area contributed by atoms with E-state index < -0.39 is 0 Å². The Kier molecular flexibility index (Phi) is 0.877. The molecule has 2 nitrogen and oxygen atoms in total. The van der Waals surface area contributed by atoms with Gasteiger partial charge in [-0.05, 0) is 29.6 Å². The van der Waals surface area contributed by atoms with Crippen LogP contribution in [0.5, 0.6) is 0 Å². The summed E-state index contributed by atoms with van der Waals surface area (Å²) < 4.78 is 12.2. The molecule has 6 aliphatic carbocycles. The van der Waals surface area contributed by atoms with Crippen molar-refractivity contribution in [3.05, 3.63) is 0 Å². The van der Waals surface area contributed by atoms with Crippen LogP contribution in [-0.2, 0) is 9.47 Å². The highest BCUT2D eigenvalue weighted by atomic mass is 79.9. The molecule has 1 saturated heterocycles. The second-order valence-electron chi connectivity index (χ2n) is 6.11. The maximum atomic E-state index is 6.68. The van der Waals surface area contributed by atoms with E-state index in [-0.39, 0.29) is 15.0 Å². The molecule has 6 saturated carbocycles. The van der Waals surface area contributed by atoms with Gasteiger partial charge in [-0.2, -0.15) is 0 Å². The summed E-state index contributed by atoms with van der Waals surface area (Å²) in [7, 11) is 0. The molecule has 15 heavy (non-hydrogen) atoms. The Morgan fingerprint density at radius 2 is 1.47 bits per heavy atom. The Labute approximate surface area is 101 Å². The van der Waals surface area contributed by atoms with Crippen molar-refractivity contribution in [3.63, 3.8) is 0 Å². The lowest BCUT2D eigenvalue weighted by molar-refractivity contribution is -0.345. The topological polar surface area (TPSA) is 18.5 Å². The minimum Gasteiger partial charge on any atom is -0.346 e. The molecule has 0 N–H and O–H groups in total. The van der Waals surface area contributed by atoms with Crippen LogP contribution in [0.2, 0.25) is 0 Å². The molecule has 7 aliphatic rings. The number of ether oxygens (including phenoxy) is 2. The molecule has 80 valence electrons. The van der Waals surface area contributed by atoms with Gasteiger partial charge < -0.3 is 9.47 Å². The van der Waals surface area contributed by atoms with E-state index in [0.29, 0.717) is 17.8 Å². The van der Waals surface area contributed by atoms with Crippen molar-refractivity contribution >= 4 is 27.5 Å². The summed E-state index contributed by atoms with van der Waals surface area (Å²) in [5.41, 5.74) is 0. The van der Waals surface area contributed by atoms with E-state index in [1.807, 2.05) is 0 Å². The fourth-order valence-electron chi connectivity index (χ4n) is 6.49. The Morgan fingerprint density at radius 3 is 2.00 bits per heavy atom. The summed E-state index contributed by atoms with van der Waals surface area (Å²) in [6.07, 6.45) is 0. The van der Waals surface area contributed by atoms with Gasteiger partial charge in [0.25, 0.3) is 0 Å². The van der Waals surface area contributed by atoms with Gasteiger partial charge in [0, 0.05) is 5.92 Å². The molecule has 7 rings (SSSR count). The molecule has 1 heterocycles. The predicted octanol–water partition coefficient (Wildman–Crippen LogP) is 1.61. The van der Waals surface area contributed by atoms with Crippen molar-refractivity contribution in [1.82, 2.24) is 0 Å². The SMILES string of the molecule is ClC12C3[C@@H]4[C@H]1C1[C@H]2[C@H]3C4(Br)C12OCCO2. The zero-order valence-electron chi connectivity index (χ0n) is 7.95. The monoisotopic (exact) mass is 288 g/mol. The Morgan fingerprint density at radius 1 is 0.933 bits per heavy atom. The van der Waals surface area contributed by atoms with Crippen molar-refractivity contribution in [1.29, 1.82) is 0 Å². The van der Waals surface area contributed by atoms with E-state index in [2.05, 4.69) is 15.9 Å². The van der Waals surface area contributed by atoms with Gasteiger partial charge in [-0.25, -0.2) is 0 Å². The Hall–Kier alpha value is 0.690. The lowest BCUT2D eigenvalue weighted by Crippen LogP contribution is -2.94. The normalized spacial score (nSPS) is 82.0. The molecular weight excluding hydrogens is 279 g/mol. The molecule has 8 atom stereocenters. The fraction of sp³-hybridized carbons (Fsp3) is 1.00. The standard InChI is InChI=1S/C11H10BrClO2/c12-10-6-3-7(10)5-8(4(6)9(3,5)13)11(10)14-1-2-15-11/h3-8H,1-2H2/t3?,4-,5+,6+,7-,8?,9?,10?. The van der Waals surface area contributed by atoms with Gasteiger partial charge in [-0.15, -0.1) is 11.6 Å². The van der Waals surface area contributed by atoms with E-state index in [0.717, 1.165) is 31.0 Å². The number of alkyl halides is 2. The first kappa shape index (κ1) is 7.91. The summed E-state index contributed by atoms with van der Waals surface area (Å²) >= 11 is 10.7. The molecule has 4 heteroatoms. The van der Waals surface area contributed by atoms with E-state index in [9.17, 15) is 0 Å². The number of hydrogen-bond acceptors (Lipinski definition) is 2. The van der Waals surface area contributed by atoms with E-state index in [1.54, 1.807) is 0 Å². The molecule has 4 unspecified atom stereocenters. The first-order chi connectivity index (χ1) is 7.19. The summed E-state index contributed by atoms with van der Waals surface area (Å²) in [5, 5.41) is 0. The summed E-state index contributed by atoms with van der Waals surface area (Å²) in [6, 6.07) is 0. The van der Waals surface area contributed by atoms with Crippen molar-refractivity contribution in [2.24, 2.45) is 35.5 Å². The van der Waals surface area contributed by atoms with Gasteiger partial charge in [-0.3, -0.25) is 0 Å². The molecule has 0 aromatic carbocycles. The van der Waals surface area contributed by atoms with Crippen LogP contribution in [0, 0.1) is 35.5 Å². The van der Waals surface area contributed by atoms with Crippen molar-refractivity contribution in [2.75, 3.05) is 13.2 Å². The second-order valence-corrected chi connectivity index (χ2v) is 8.08. The van der Waals surface area contributed by atoms with Gasteiger partial charge in [0.05, 0.1) is 22.4 Å². The van der Waals surface area contributed by atoms with Crippen LogP contribution in [0.25, 0.3) is 0 Å². The number of rotatable bonds is 0. The first-order valence-corrected chi connectivity index (χ1v) is 7.02. The molecule has 0 amide bonds. The molecule has 0 aromatic heterocycles. The first-order valence-electron chi connectivity index (χ1n) is 5.85. The maximum Gasteiger partial charge on any atom is 0.187 e. The van der Waals surface area contributed by atoms with E-state index >= 15 is 0 Å². The van der Waals surface area contributed by atoms with Crippen LogP contribution < -0.4 is 0 Å². The van der Waals surface area contributed by atoms with Crippen LogP contribution >= 0.6 is 27.5 Å². The highest BCUT2D eigenvalue weighted by Gasteiger charge is 3.09. The largest absolute Gasteiger partial charge is 0.346 e. The number of halogens is 2. The quantitative estimate of drug-likeness (QED) is 0.631. The zero-order chi connectivity index (χ0) is 9.79. The highest BCUT2D eigenvalue weighted by Crippen LogP contribution is 3.03. The molecular formula is C11H10BrClO2. The average Bonchev–Trinajstić information content (AvgIpc) is 2.78. The molecule has 0 radical (unpaired) electrons. The third kappa shape index (κ3) is 0.382. The maximum absolute atomic E-state index is 6.68. The molecule has 1 aliphatic heterocycles. The van der Waals surface area contributed by atoms with Gasteiger partial charge >= 0.3 is 0 Å². The highest BCUT2D eigenvalue weighted by molar-refractivity contribution is 9.10. The smallest absolute Gasteiger partial charge is 0.187 e. The third-order valence-corrected chi connectivity index (χ3v) is 8.88. The molecule has 1 spiro atoms. The van der Waals surface area contributed by atoms with Crippen LogP contribution in [-0.4, -0.2) is 28.2 Å². The Bertz CT molecular complexity index is 412. The molecule has 7 fully saturated rings. The average molecular weight is 290 g/mol. The van der Waals surface area contributed by atoms with E-state index in [1.165, 1.54) is 0 Å². The van der Waals surface area contributed by atoms with Crippen LogP contribution in [0.4, 0.5) is 0 Å². The fourth-order valence-corrected chi connectivity index (χ4v) is 8.93.